The zero-order chi connectivity index (χ0) is 15.6. The number of halogens is 1. The van der Waals surface area contributed by atoms with Gasteiger partial charge in [-0.25, -0.2) is 8.42 Å². The van der Waals surface area contributed by atoms with Crippen LogP contribution in [0.5, 0.6) is 0 Å². The molecule has 2 atom stereocenters. The Hall–Kier alpha value is -0.620. The average molecular weight is 343 g/mol. The topological polar surface area (TPSA) is 49.4 Å². The summed E-state index contributed by atoms with van der Waals surface area (Å²) >= 11 is 5.89. The molecule has 22 heavy (non-hydrogen) atoms. The molecule has 2 aliphatic heterocycles. The molecule has 2 fully saturated rings. The third kappa shape index (κ3) is 4.02. The van der Waals surface area contributed by atoms with E-state index in [1.807, 2.05) is 24.3 Å². The van der Waals surface area contributed by atoms with Gasteiger partial charge < -0.3 is 5.32 Å². The molecule has 0 bridgehead atoms. The molecule has 2 aliphatic rings. The fraction of sp³-hybridized carbons (Fsp3) is 0.625. The van der Waals surface area contributed by atoms with E-state index in [0.717, 1.165) is 23.7 Å². The second-order valence-corrected chi connectivity index (χ2v) is 8.94. The van der Waals surface area contributed by atoms with Crippen molar-refractivity contribution in [3.8, 4) is 0 Å². The number of nitrogens with zero attached hydrogens (tertiary/aromatic N) is 1. The Morgan fingerprint density at radius 2 is 1.77 bits per heavy atom. The molecule has 0 amide bonds. The van der Waals surface area contributed by atoms with Crippen molar-refractivity contribution in [1.29, 1.82) is 0 Å². The summed E-state index contributed by atoms with van der Waals surface area (Å²) in [6.45, 7) is 2.74. The molecule has 2 heterocycles. The largest absolute Gasteiger partial charge is 0.307 e. The summed E-state index contributed by atoms with van der Waals surface area (Å²) in [4.78, 5) is 2.37. The van der Waals surface area contributed by atoms with Gasteiger partial charge in [0, 0.05) is 23.7 Å². The van der Waals surface area contributed by atoms with E-state index in [1.54, 1.807) is 0 Å². The molecule has 0 saturated carbocycles. The highest BCUT2D eigenvalue weighted by Crippen LogP contribution is 2.22. The molecule has 1 aromatic rings. The lowest BCUT2D eigenvalue weighted by Gasteiger charge is -2.35. The zero-order valence-electron chi connectivity index (χ0n) is 12.7. The third-order valence-electron chi connectivity index (χ3n) is 4.66. The van der Waals surface area contributed by atoms with Crippen LogP contribution in [0.1, 0.15) is 24.8 Å². The van der Waals surface area contributed by atoms with Gasteiger partial charge in [-0.05, 0) is 43.6 Å². The number of hydrogen-bond donors (Lipinski definition) is 1. The quantitative estimate of drug-likeness (QED) is 0.910. The maximum Gasteiger partial charge on any atom is 0.153 e. The molecule has 2 saturated heterocycles. The summed E-state index contributed by atoms with van der Waals surface area (Å²) in [5.74, 6) is 0.549. The molecule has 0 spiro atoms. The fourth-order valence-electron chi connectivity index (χ4n) is 3.49. The van der Waals surface area contributed by atoms with Crippen molar-refractivity contribution in [2.24, 2.45) is 0 Å². The van der Waals surface area contributed by atoms with Gasteiger partial charge in [-0.3, -0.25) is 4.90 Å². The van der Waals surface area contributed by atoms with E-state index in [-0.39, 0.29) is 17.8 Å². The first-order chi connectivity index (χ1) is 10.5. The van der Waals surface area contributed by atoms with Crippen LogP contribution in [0.15, 0.2) is 24.3 Å². The van der Waals surface area contributed by atoms with E-state index in [1.165, 1.54) is 19.3 Å². The maximum absolute atomic E-state index is 12.1. The van der Waals surface area contributed by atoms with Gasteiger partial charge in [-0.15, -0.1) is 0 Å². The molecular weight excluding hydrogens is 320 g/mol. The van der Waals surface area contributed by atoms with Crippen molar-refractivity contribution in [3.05, 3.63) is 34.9 Å². The van der Waals surface area contributed by atoms with Crippen LogP contribution in [0.3, 0.4) is 0 Å². The molecule has 0 unspecified atom stereocenters. The Morgan fingerprint density at radius 3 is 2.45 bits per heavy atom. The molecule has 122 valence electrons. The number of hydrogen-bond acceptors (Lipinski definition) is 4. The van der Waals surface area contributed by atoms with Gasteiger partial charge in [0.2, 0.25) is 0 Å². The van der Waals surface area contributed by atoms with Crippen LogP contribution < -0.4 is 5.32 Å². The second kappa shape index (κ2) is 6.87. The Kier molecular flexibility index (Phi) is 5.07. The van der Waals surface area contributed by atoms with Gasteiger partial charge in [0.05, 0.1) is 11.5 Å². The number of likely N-dealkylation sites (tertiary alicyclic amines) is 1. The van der Waals surface area contributed by atoms with Gasteiger partial charge in [-0.1, -0.05) is 30.2 Å². The maximum atomic E-state index is 12.1. The number of benzene rings is 1. The van der Waals surface area contributed by atoms with Crippen LogP contribution in [0.25, 0.3) is 0 Å². The average Bonchev–Trinajstić information content (AvgIpc) is 2.83. The Morgan fingerprint density at radius 1 is 1.09 bits per heavy atom. The highest BCUT2D eigenvalue weighted by molar-refractivity contribution is 7.91. The minimum absolute atomic E-state index is 0.0266. The Labute approximate surface area is 137 Å². The van der Waals surface area contributed by atoms with Gasteiger partial charge in [0.1, 0.15) is 0 Å². The predicted molar refractivity (Wildman–Crippen MR) is 89.9 cm³/mol. The molecular formula is C16H23ClN2O2S. The lowest BCUT2D eigenvalue weighted by atomic mass is 10.0. The Balaban J connectivity index is 1.65. The lowest BCUT2D eigenvalue weighted by molar-refractivity contribution is 0.155. The Bertz CT molecular complexity index is 597. The van der Waals surface area contributed by atoms with Gasteiger partial charge in [0.15, 0.2) is 9.84 Å². The highest BCUT2D eigenvalue weighted by Gasteiger charge is 2.40. The molecule has 3 rings (SSSR count). The molecule has 6 heteroatoms. The van der Waals surface area contributed by atoms with E-state index in [4.69, 9.17) is 11.6 Å². The third-order valence-corrected chi connectivity index (χ3v) is 6.63. The SMILES string of the molecule is O=S1(=O)C[C@H](NCc2ccc(Cl)cc2)[C@@H](N2CCCCC2)C1. The van der Waals surface area contributed by atoms with Crippen LogP contribution >= 0.6 is 11.6 Å². The molecule has 0 radical (unpaired) electrons. The molecule has 0 aliphatic carbocycles. The summed E-state index contributed by atoms with van der Waals surface area (Å²) < 4.78 is 24.1. The summed E-state index contributed by atoms with van der Waals surface area (Å²) in [7, 11) is -2.93. The monoisotopic (exact) mass is 342 g/mol. The summed E-state index contributed by atoms with van der Waals surface area (Å²) in [5, 5.41) is 4.18. The van der Waals surface area contributed by atoms with Crippen molar-refractivity contribution < 1.29 is 8.42 Å². The zero-order valence-corrected chi connectivity index (χ0v) is 14.2. The van der Waals surface area contributed by atoms with Crippen LogP contribution in [0, 0.1) is 0 Å². The van der Waals surface area contributed by atoms with Crippen molar-refractivity contribution in [3.63, 3.8) is 0 Å². The molecule has 1 aromatic carbocycles. The minimum Gasteiger partial charge on any atom is -0.307 e. The molecule has 4 nitrogen and oxygen atoms in total. The lowest BCUT2D eigenvalue weighted by Crippen LogP contribution is -2.50. The first-order valence-electron chi connectivity index (χ1n) is 7.96. The summed E-state index contributed by atoms with van der Waals surface area (Å²) in [6.07, 6.45) is 3.62. The minimum atomic E-state index is -2.93. The number of nitrogens with one attached hydrogen (secondary N) is 1. The van der Waals surface area contributed by atoms with E-state index in [0.29, 0.717) is 12.3 Å². The highest BCUT2D eigenvalue weighted by atomic mass is 35.5. The van der Waals surface area contributed by atoms with Crippen molar-refractivity contribution in [1.82, 2.24) is 10.2 Å². The smallest absolute Gasteiger partial charge is 0.153 e. The van der Waals surface area contributed by atoms with E-state index < -0.39 is 9.84 Å². The van der Waals surface area contributed by atoms with Crippen LogP contribution in [-0.4, -0.2) is 50.0 Å². The van der Waals surface area contributed by atoms with E-state index in [2.05, 4.69) is 10.2 Å². The van der Waals surface area contributed by atoms with Crippen LogP contribution in [0.4, 0.5) is 0 Å². The van der Waals surface area contributed by atoms with Crippen LogP contribution in [-0.2, 0) is 16.4 Å². The van der Waals surface area contributed by atoms with E-state index >= 15 is 0 Å². The fourth-order valence-corrected chi connectivity index (χ4v) is 5.60. The van der Waals surface area contributed by atoms with Gasteiger partial charge in [0.25, 0.3) is 0 Å². The second-order valence-electron chi connectivity index (χ2n) is 6.35. The molecule has 1 N–H and O–H groups in total. The standard InChI is InChI=1S/C16H23ClN2O2S/c17-14-6-4-13(5-7-14)10-18-15-11-22(20,21)12-16(15)19-8-2-1-3-9-19/h4-7,15-16,18H,1-3,8-12H2/t15-,16-/m0/s1. The number of rotatable bonds is 4. The van der Waals surface area contributed by atoms with E-state index in [9.17, 15) is 8.42 Å². The molecule has 0 aromatic heterocycles. The summed E-state index contributed by atoms with van der Waals surface area (Å²) in [6, 6.07) is 7.85. The summed E-state index contributed by atoms with van der Waals surface area (Å²) in [5.41, 5.74) is 1.13. The predicted octanol–water partition coefficient (Wildman–Crippen LogP) is 2.08. The van der Waals surface area contributed by atoms with Gasteiger partial charge in [-0.2, -0.15) is 0 Å². The van der Waals surface area contributed by atoms with Crippen molar-refractivity contribution in [2.45, 2.75) is 37.9 Å². The number of sulfone groups is 1. The normalized spacial score (nSPS) is 28.8. The van der Waals surface area contributed by atoms with Crippen molar-refractivity contribution in [2.75, 3.05) is 24.6 Å². The first-order valence-corrected chi connectivity index (χ1v) is 10.2. The van der Waals surface area contributed by atoms with Crippen molar-refractivity contribution >= 4 is 21.4 Å². The first kappa shape index (κ1) is 16.2. The van der Waals surface area contributed by atoms with Gasteiger partial charge >= 0.3 is 0 Å². The number of piperidine rings is 1. The van der Waals surface area contributed by atoms with Crippen LogP contribution in [0.2, 0.25) is 5.02 Å².